The van der Waals surface area contributed by atoms with Gasteiger partial charge in [0.15, 0.2) is 0 Å². The molecule has 0 heterocycles. The summed E-state index contributed by atoms with van der Waals surface area (Å²) < 4.78 is 0. The van der Waals surface area contributed by atoms with Crippen LogP contribution in [0.5, 0.6) is 0 Å². The highest BCUT2D eigenvalue weighted by Gasteiger charge is 2.27. The molecule has 0 radical (unpaired) electrons. The van der Waals surface area contributed by atoms with Crippen molar-refractivity contribution in [3.8, 4) is 0 Å². The minimum absolute atomic E-state index is 0.762. The van der Waals surface area contributed by atoms with Gasteiger partial charge in [0.05, 0.1) is 0 Å². The van der Waals surface area contributed by atoms with Gasteiger partial charge in [0, 0.05) is 12.1 Å². The maximum atomic E-state index is 3.92. The van der Waals surface area contributed by atoms with E-state index in [9.17, 15) is 0 Å². The van der Waals surface area contributed by atoms with Crippen molar-refractivity contribution >= 4 is 0 Å². The molecule has 17 heavy (non-hydrogen) atoms. The van der Waals surface area contributed by atoms with E-state index in [1.807, 2.05) is 0 Å². The summed E-state index contributed by atoms with van der Waals surface area (Å²) in [4.78, 5) is 0. The Morgan fingerprint density at radius 3 is 1.88 bits per heavy atom. The van der Waals surface area contributed by atoms with Crippen molar-refractivity contribution < 1.29 is 0 Å². The van der Waals surface area contributed by atoms with Gasteiger partial charge in [0.25, 0.3) is 0 Å². The molecule has 1 atom stereocenters. The molecular weight excluding hydrogens is 206 g/mol. The SMILES string of the molecule is CC(C)C1CCC(N[C@@H](C)C2CCCC2)CC1. The summed E-state index contributed by atoms with van der Waals surface area (Å²) in [5.74, 6) is 2.86. The summed E-state index contributed by atoms with van der Waals surface area (Å²) >= 11 is 0. The second kappa shape index (κ2) is 6.22. The first-order valence-electron chi connectivity index (χ1n) is 7.93. The van der Waals surface area contributed by atoms with Crippen LogP contribution in [0, 0.1) is 17.8 Å². The number of nitrogens with one attached hydrogen (secondary N) is 1. The number of hydrogen-bond acceptors (Lipinski definition) is 1. The minimum atomic E-state index is 0.762. The van der Waals surface area contributed by atoms with Crippen molar-refractivity contribution in [3.05, 3.63) is 0 Å². The fourth-order valence-electron chi connectivity index (χ4n) is 3.92. The Labute approximate surface area is 108 Å². The normalized spacial score (nSPS) is 33.2. The van der Waals surface area contributed by atoms with Crippen LogP contribution in [0.3, 0.4) is 0 Å². The fourth-order valence-corrected chi connectivity index (χ4v) is 3.92. The summed E-state index contributed by atoms with van der Waals surface area (Å²) in [6, 6.07) is 1.58. The van der Waals surface area contributed by atoms with Crippen molar-refractivity contribution in [2.24, 2.45) is 17.8 Å². The molecule has 1 nitrogen and oxygen atoms in total. The largest absolute Gasteiger partial charge is 0.311 e. The Balaban J connectivity index is 1.70. The van der Waals surface area contributed by atoms with Gasteiger partial charge in [0.2, 0.25) is 0 Å². The molecule has 0 saturated heterocycles. The molecule has 100 valence electrons. The quantitative estimate of drug-likeness (QED) is 0.765. The first kappa shape index (κ1) is 13.4. The predicted molar refractivity (Wildman–Crippen MR) is 75.1 cm³/mol. The third-order valence-electron chi connectivity index (χ3n) is 5.32. The van der Waals surface area contributed by atoms with Gasteiger partial charge >= 0.3 is 0 Å². The van der Waals surface area contributed by atoms with Crippen LogP contribution >= 0.6 is 0 Å². The molecule has 0 aromatic rings. The fraction of sp³-hybridized carbons (Fsp3) is 1.00. The molecule has 2 aliphatic carbocycles. The van der Waals surface area contributed by atoms with E-state index >= 15 is 0 Å². The van der Waals surface area contributed by atoms with Crippen LogP contribution in [0.15, 0.2) is 0 Å². The smallest absolute Gasteiger partial charge is 0.00698 e. The van der Waals surface area contributed by atoms with Gasteiger partial charge in [-0.3, -0.25) is 0 Å². The molecule has 0 aliphatic heterocycles. The number of hydrogen-bond donors (Lipinski definition) is 1. The number of rotatable bonds is 4. The highest BCUT2D eigenvalue weighted by atomic mass is 15.0. The lowest BCUT2D eigenvalue weighted by atomic mass is 9.79. The lowest BCUT2D eigenvalue weighted by Gasteiger charge is -2.34. The van der Waals surface area contributed by atoms with Gasteiger partial charge in [-0.1, -0.05) is 26.7 Å². The van der Waals surface area contributed by atoms with Gasteiger partial charge in [-0.2, -0.15) is 0 Å². The third kappa shape index (κ3) is 3.71. The Morgan fingerprint density at radius 1 is 0.765 bits per heavy atom. The molecule has 2 rings (SSSR count). The molecular formula is C16H31N. The molecule has 1 heteroatoms. The van der Waals surface area contributed by atoms with E-state index in [1.165, 1.54) is 51.4 Å². The van der Waals surface area contributed by atoms with Crippen molar-refractivity contribution in [2.75, 3.05) is 0 Å². The van der Waals surface area contributed by atoms with E-state index in [2.05, 4.69) is 26.1 Å². The Morgan fingerprint density at radius 2 is 1.35 bits per heavy atom. The van der Waals surface area contributed by atoms with E-state index in [4.69, 9.17) is 0 Å². The second-order valence-electron chi connectivity index (χ2n) is 6.86. The average Bonchev–Trinajstić information content (AvgIpc) is 2.83. The van der Waals surface area contributed by atoms with Gasteiger partial charge < -0.3 is 5.32 Å². The van der Waals surface area contributed by atoms with Crippen molar-refractivity contribution in [3.63, 3.8) is 0 Å². The molecule has 0 bridgehead atoms. The zero-order valence-electron chi connectivity index (χ0n) is 12.0. The third-order valence-corrected chi connectivity index (χ3v) is 5.32. The molecule has 0 spiro atoms. The molecule has 2 aliphatic rings. The molecule has 2 fully saturated rings. The van der Waals surface area contributed by atoms with Crippen LogP contribution < -0.4 is 5.32 Å². The summed E-state index contributed by atoms with van der Waals surface area (Å²) in [5, 5.41) is 3.92. The monoisotopic (exact) mass is 237 g/mol. The molecule has 1 N–H and O–H groups in total. The van der Waals surface area contributed by atoms with Crippen LogP contribution in [0.1, 0.15) is 72.1 Å². The Bertz CT molecular complexity index is 210. The van der Waals surface area contributed by atoms with Crippen LogP contribution in [0.2, 0.25) is 0 Å². The second-order valence-corrected chi connectivity index (χ2v) is 6.86. The maximum absolute atomic E-state index is 3.92. The highest BCUT2D eigenvalue weighted by molar-refractivity contribution is 4.84. The predicted octanol–water partition coefficient (Wildman–Crippen LogP) is 4.37. The van der Waals surface area contributed by atoms with Crippen molar-refractivity contribution in [1.82, 2.24) is 5.32 Å². The molecule has 0 aromatic carbocycles. The zero-order valence-corrected chi connectivity index (χ0v) is 12.0. The Kier molecular flexibility index (Phi) is 4.90. The lowest BCUT2D eigenvalue weighted by molar-refractivity contribution is 0.217. The van der Waals surface area contributed by atoms with Gasteiger partial charge in [-0.15, -0.1) is 0 Å². The Hall–Kier alpha value is -0.0400. The van der Waals surface area contributed by atoms with E-state index < -0.39 is 0 Å². The first-order valence-corrected chi connectivity index (χ1v) is 7.93. The van der Waals surface area contributed by atoms with E-state index in [1.54, 1.807) is 0 Å². The van der Waals surface area contributed by atoms with E-state index in [0.717, 1.165) is 29.8 Å². The summed E-state index contributed by atoms with van der Waals surface area (Å²) in [6.07, 6.45) is 11.6. The highest BCUT2D eigenvalue weighted by Crippen LogP contribution is 2.32. The lowest BCUT2D eigenvalue weighted by Crippen LogP contribution is -2.42. The van der Waals surface area contributed by atoms with E-state index in [-0.39, 0.29) is 0 Å². The molecule has 0 aromatic heterocycles. The zero-order chi connectivity index (χ0) is 12.3. The standard InChI is InChI=1S/C16H31N/c1-12(2)14-8-10-16(11-9-14)17-13(3)15-6-4-5-7-15/h12-17H,4-11H2,1-3H3/t13-,14?,16?/m0/s1. The van der Waals surface area contributed by atoms with Crippen molar-refractivity contribution in [1.29, 1.82) is 0 Å². The summed E-state index contributed by atoms with van der Waals surface area (Å²) in [7, 11) is 0. The van der Waals surface area contributed by atoms with Crippen LogP contribution in [0.25, 0.3) is 0 Å². The summed E-state index contributed by atoms with van der Waals surface area (Å²) in [6.45, 7) is 7.20. The van der Waals surface area contributed by atoms with Gasteiger partial charge in [0.1, 0.15) is 0 Å². The van der Waals surface area contributed by atoms with Gasteiger partial charge in [-0.25, -0.2) is 0 Å². The van der Waals surface area contributed by atoms with Crippen molar-refractivity contribution in [2.45, 2.75) is 84.2 Å². The molecule has 2 saturated carbocycles. The molecule has 0 amide bonds. The van der Waals surface area contributed by atoms with Crippen LogP contribution in [0.4, 0.5) is 0 Å². The maximum Gasteiger partial charge on any atom is 0.00698 e. The van der Waals surface area contributed by atoms with Gasteiger partial charge in [-0.05, 0) is 63.2 Å². The van der Waals surface area contributed by atoms with Crippen LogP contribution in [-0.2, 0) is 0 Å². The topological polar surface area (TPSA) is 12.0 Å². The first-order chi connectivity index (χ1) is 8.16. The summed E-state index contributed by atoms with van der Waals surface area (Å²) in [5.41, 5.74) is 0. The minimum Gasteiger partial charge on any atom is -0.311 e. The van der Waals surface area contributed by atoms with E-state index in [0.29, 0.717) is 0 Å². The molecule has 0 unspecified atom stereocenters. The van der Waals surface area contributed by atoms with Crippen LogP contribution in [-0.4, -0.2) is 12.1 Å². The average molecular weight is 237 g/mol.